The van der Waals surface area contributed by atoms with Crippen LogP contribution in [0.3, 0.4) is 0 Å². The van der Waals surface area contributed by atoms with Crippen LogP contribution in [-0.4, -0.2) is 44.6 Å². The molecule has 26 heavy (non-hydrogen) atoms. The highest BCUT2D eigenvalue weighted by atomic mass is 32.2. The number of hydrogen-bond acceptors (Lipinski definition) is 6. The molecule has 1 aliphatic heterocycles. The lowest BCUT2D eigenvalue weighted by atomic mass is 10.2. The lowest BCUT2D eigenvalue weighted by Crippen LogP contribution is -2.30. The van der Waals surface area contributed by atoms with E-state index in [1.165, 1.54) is 19.2 Å². The Bertz CT molecular complexity index is 835. The minimum atomic E-state index is -3.36. The number of rotatable bonds is 8. The van der Waals surface area contributed by atoms with Crippen molar-refractivity contribution in [2.24, 2.45) is 0 Å². The van der Waals surface area contributed by atoms with Crippen LogP contribution in [0.5, 0.6) is 0 Å². The van der Waals surface area contributed by atoms with Gasteiger partial charge in [-0.2, -0.15) is 0 Å². The van der Waals surface area contributed by atoms with Crippen molar-refractivity contribution in [3.05, 3.63) is 47.8 Å². The van der Waals surface area contributed by atoms with Crippen LogP contribution in [-0.2, 0) is 15.8 Å². The summed E-state index contributed by atoms with van der Waals surface area (Å²) in [6.07, 6.45) is 3.92. The van der Waals surface area contributed by atoms with Crippen LogP contribution < -0.4 is 14.9 Å². The van der Waals surface area contributed by atoms with Gasteiger partial charge in [-0.15, -0.1) is 0 Å². The van der Waals surface area contributed by atoms with E-state index in [1.54, 1.807) is 0 Å². The van der Waals surface area contributed by atoms with E-state index in [0.29, 0.717) is 18.9 Å². The minimum Gasteiger partial charge on any atom is -0.369 e. The summed E-state index contributed by atoms with van der Waals surface area (Å²) >= 11 is 0. The quantitative estimate of drug-likeness (QED) is 0.686. The van der Waals surface area contributed by atoms with Gasteiger partial charge in [0.05, 0.1) is 5.75 Å². The molecule has 0 bridgehead atoms. The van der Waals surface area contributed by atoms with Crippen molar-refractivity contribution < 1.29 is 8.42 Å². The van der Waals surface area contributed by atoms with Gasteiger partial charge in [0.25, 0.3) is 0 Å². The summed E-state index contributed by atoms with van der Waals surface area (Å²) in [6.45, 7) is 4.76. The van der Waals surface area contributed by atoms with Gasteiger partial charge in [-0.05, 0) is 25.3 Å². The fourth-order valence-corrected chi connectivity index (χ4v) is 4.17. The standard InChI is InChI=1S/C18H25N5O2S/c1-15-5-4-6-16(11-15)13-26(24,25)22-8-7-19-17-12-18(21-14-20-17)23-9-2-3-10-23/h4-6,11-12,14,22H,2-3,7-10,13H2,1H3,(H,19,20,21). The molecule has 0 amide bonds. The van der Waals surface area contributed by atoms with Gasteiger partial charge in [-0.1, -0.05) is 29.8 Å². The summed E-state index contributed by atoms with van der Waals surface area (Å²) in [7, 11) is -3.36. The third-order valence-electron chi connectivity index (χ3n) is 4.27. The lowest BCUT2D eigenvalue weighted by Gasteiger charge is -2.16. The zero-order chi connectivity index (χ0) is 18.4. The van der Waals surface area contributed by atoms with E-state index >= 15 is 0 Å². The number of nitrogens with one attached hydrogen (secondary N) is 2. The second kappa shape index (κ2) is 8.46. The molecule has 2 aromatic rings. The molecular formula is C18H25N5O2S. The maximum absolute atomic E-state index is 12.2. The first kappa shape index (κ1) is 18.6. The molecular weight excluding hydrogens is 350 g/mol. The van der Waals surface area contributed by atoms with Gasteiger partial charge in [-0.25, -0.2) is 23.1 Å². The Morgan fingerprint density at radius 1 is 1.12 bits per heavy atom. The van der Waals surface area contributed by atoms with Gasteiger partial charge < -0.3 is 10.2 Å². The molecule has 0 saturated carbocycles. The van der Waals surface area contributed by atoms with Crippen molar-refractivity contribution in [1.82, 2.24) is 14.7 Å². The average molecular weight is 375 g/mol. The fourth-order valence-electron chi connectivity index (χ4n) is 3.03. The first-order valence-corrected chi connectivity index (χ1v) is 10.5. The Morgan fingerprint density at radius 2 is 1.92 bits per heavy atom. The third kappa shape index (κ3) is 5.40. The molecule has 7 nitrogen and oxygen atoms in total. The monoisotopic (exact) mass is 375 g/mol. The molecule has 2 heterocycles. The average Bonchev–Trinajstić information content (AvgIpc) is 3.13. The number of aromatic nitrogens is 2. The molecule has 0 radical (unpaired) electrons. The number of nitrogens with zero attached hydrogens (tertiary/aromatic N) is 3. The molecule has 2 N–H and O–H groups in total. The van der Waals surface area contributed by atoms with Crippen LogP contribution in [0.25, 0.3) is 0 Å². The van der Waals surface area contributed by atoms with Gasteiger partial charge in [0, 0.05) is 32.2 Å². The van der Waals surface area contributed by atoms with Gasteiger partial charge in [0.1, 0.15) is 18.0 Å². The molecule has 3 rings (SSSR count). The molecule has 1 saturated heterocycles. The topological polar surface area (TPSA) is 87.2 Å². The number of aryl methyl sites for hydroxylation is 1. The van der Waals surface area contributed by atoms with E-state index in [-0.39, 0.29) is 5.75 Å². The summed E-state index contributed by atoms with van der Waals surface area (Å²) in [5.74, 6) is 1.61. The molecule has 1 aromatic carbocycles. The largest absolute Gasteiger partial charge is 0.369 e. The van der Waals surface area contributed by atoms with Crippen molar-refractivity contribution in [2.45, 2.75) is 25.5 Å². The SMILES string of the molecule is Cc1cccc(CS(=O)(=O)NCCNc2cc(N3CCCC3)ncn2)c1. The van der Waals surface area contributed by atoms with E-state index < -0.39 is 10.0 Å². The van der Waals surface area contributed by atoms with Crippen molar-refractivity contribution in [1.29, 1.82) is 0 Å². The van der Waals surface area contributed by atoms with E-state index in [4.69, 9.17) is 0 Å². The molecule has 8 heteroatoms. The Hall–Kier alpha value is -2.19. The van der Waals surface area contributed by atoms with E-state index in [2.05, 4.69) is 24.9 Å². The highest BCUT2D eigenvalue weighted by Crippen LogP contribution is 2.19. The molecule has 0 unspecified atom stereocenters. The summed E-state index contributed by atoms with van der Waals surface area (Å²) in [5.41, 5.74) is 1.84. The van der Waals surface area contributed by atoms with Crippen LogP contribution in [0.2, 0.25) is 0 Å². The number of hydrogen-bond donors (Lipinski definition) is 2. The maximum Gasteiger partial charge on any atom is 0.215 e. The van der Waals surface area contributed by atoms with Crippen molar-refractivity contribution >= 4 is 21.7 Å². The summed E-state index contributed by atoms with van der Waals surface area (Å²) < 4.78 is 27.0. The molecule has 140 valence electrons. The predicted molar refractivity (Wildman–Crippen MR) is 104 cm³/mol. The van der Waals surface area contributed by atoms with Crippen LogP contribution in [0.1, 0.15) is 24.0 Å². The van der Waals surface area contributed by atoms with Crippen molar-refractivity contribution in [3.8, 4) is 0 Å². The summed E-state index contributed by atoms with van der Waals surface area (Å²) in [5, 5.41) is 3.15. The Balaban J connectivity index is 1.46. The zero-order valence-corrected chi connectivity index (χ0v) is 15.8. The lowest BCUT2D eigenvalue weighted by molar-refractivity contribution is 0.582. The van der Waals surface area contributed by atoms with Gasteiger partial charge in [0.2, 0.25) is 10.0 Å². The normalized spacial score (nSPS) is 14.6. The molecule has 0 atom stereocenters. The van der Waals surface area contributed by atoms with Crippen LogP contribution >= 0.6 is 0 Å². The first-order chi connectivity index (χ1) is 12.5. The first-order valence-electron chi connectivity index (χ1n) is 8.86. The van der Waals surface area contributed by atoms with E-state index in [0.717, 1.165) is 30.0 Å². The molecule has 0 aliphatic carbocycles. The number of anilines is 2. The highest BCUT2D eigenvalue weighted by molar-refractivity contribution is 7.88. The van der Waals surface area contributed by atoms with Crippen molar-refractivity contribution in [3.63, 3.8) is 0 Å². The van der Waals surface area contributed by atoms with Gasteiger partial charge in [-0.3, -0.25) is 0 Å². The highest BCUT2D eigenvalue weighted by Gasteiger charge is 2.14. The van der Waals surface area contributed by atoms with Crippen LogP contribution in [0.4, 0.5) is 11.6 Å². The Morgan fingerprint density at radius 3 is 2.69 bits per heavy atom. The van der Waals surface area contributed by atoms with Gasteiger partial charge >= 0.3 is 0 Å². The van der Waals surface area contributed by atoms with Crippen LogP contribution in [0.15, 0.2) is 36.7 Å². The molecule has 1 aromatic heterocycles. The Labute approximate surface area is 154 Å². The maximum atomic E-state index is 12.2. The molecule has 1 aliphatic rings. The second-order valence-electron chi connectivity index (χ2n) is 6.52. The predicted octanol–water partition coefficient (Wildman–Crippen LogP) is 1.92. The summed E-state index contributed by atoms with van der Waals surface area (Å²) in [4.78, 5) is 10.7. The van der Waals surface area contributed by atoms with Crippen LogP contribution in [0, 0.1) is 6.92 Å². The fraction of sp³-hybridized carbons (Fsp3) is 0.444. The van der Waals surface area contributed by atoms with Gasteiger partial charge in [0.15, 0.2) is 0 Å². The van der Waals surface area contributed by atoms with E-state index in [9.17, 15) is 8.42 Å². The smallest absolute Gasteiger partial charge is 0.215 e. The van der Waals surface area contributed by atoms with E-state index in [1.807, 2.05) is 37.3 Å². The summed E-state index contributed by atoms with van der Waals surface area (Å²) in [6, 6.07) is 9.44. The van der Waals surface area contributed by atoms with Crippen molar-refractivity contribution in [2.75, 3.05) is 36.4 Å². The molecule has 0 spiro atoms. The third-order valence-corrected chi connectivity index (χ3v) is 5.63. The zero-order valence-electron chi connectivity index (χ0n) is 15.0. The Kier molecular flexibility index (Phi) is 6.05. The minimum absolute atomic E-state index is 0.0126. The second-order valence-corrected chi connectivity index (χ2v) is 8.33. The molecule has 1 fully saturated rings. The number of sulfonamides is 1. The number of benzene rings is 1.